The molecule has 1 N–H and O–H groups in total. The van der Waals surface area contributed by atoms with Crippen LogP contribution < -0.4 is 0 Å². The van der Waals surface area contributed by atoms with E-state index in [1.54, 1.807) is 0 Å². The summed E-state index contributed by atoms with van der Waals surface area (Å²) in [5.41, 5.74) is 0.839. The molecule has 2 heteroatoms. The van der Waals surface area contributed by atoms with Crippen molar-refractivity contribution in [2.75, 3.05) is 5.88 Å². The Bertz CT molecular complexity index is 310. The number of aliphatic hydroxyl groups excluding tert-OH is 1. The lowest BCUT2D eigenvalue weighted by Crippen LogP contribution is -1.92. The van der Waals surface area contributed by atoms with Crippen LogP contribution in [-0.2, 0) is 0 Å². The van der Waals surface area contributed by atoms with E-state index in [1.165, 1.54) is 0 Å². The van der Waals surface area contributed by atoms with Crippen LogP contribution in [0.2, 0.25) is 0 Å². The molecule has 0 saturated heterocycles. The van der Waals surface area contributed by atoms with Gasteiger partial charge in [0.25, 0.3) is 0 Å². The van der Waals surface area contributed by atoms with Gasteiger partial charge in [0.15, 0.2) is 0 Å². The first-order chi connectivity index (χ1) is 6.84. The number of alkyl halides is 1. The number of hydrogen-bond donors (Lipinski definition) is 1. The van der Waals surface area contributed by atoms with Crippen LogP contribution in [0.25, 0.3) is 0 Å². The number of aliphatic hydroxyl groups is 1. The van der Waals surface area contributed by atoms with Crippen molar-refractivity contribution in [3.8, 4) is 11.8 Å². The highest BCUT2D eigenvalue weighted by Gasteiger charge is 2.00. The summed E-state index contributed by atoms with van der Waals surface area (Å²) in [4.78, 5) is 0. The minimum absolute atomic E-state index is 0.621. The fraction of sp³-hybridized carbons (Fsp3) is 0.333. The highest BCUT2D eigenvalue weighted by atomic mass is 35.5. The van der Waals surface area contributed by atoms with Crippen LogP contribution in [0.4, 0.5) is 0 Å². The Morgan fingerprint density at radius 2 is 2.00 bits per heavy atom. The number of benzene rings is 1. The molecule has 0 unspecified atom stereocenters. The minimum atomic E-state index is -0.675. The van der Waals surface area contributed by atoms with Crippen molar-refractivity contribution in [1.82, 2.24) is 0 Å². The maximum Gasteiger partial charge on any atom is 0.140 e. The quantitative estimate of drug-likeness (QED) is 0.460. The van der Waals surface area contributed by atoms with Crippen molar-refractivity contribution >= 4 is 11.6 Å². The zero-order valence-electron chi connectivity index (χ0n) is 7.91. The predicted octanol–water partition coefficient (Wildman–Crippen LogP) is 2.74. The summed E-state index contributed by atoms with van der Waals surface area (Å²) < 4.78 is 0. The molecule has 0 bridgehead atoms. The molecular formula is C12H13ClO. The Balaban J connectivity index is 2.49. The SMILES string of the molecule is O[C@@H](C#CCCCCl)c1ccccc1. The van der Waals surface area contributed by atoms with Crippen molar-refractivity contribution in [3.05, 3.63) is 35.9 Å². The average Bonchev–Trinajstić information content (AvgIpc) is 2.25. The Morgan fingerprint density at radius 1 is 1.29 bits per heavy atom. The summed E-state index contributed by atoms with van der Waals surface area (Å²) in [5, 5.41) is 9.61. The van der Waals surface area contributed by atoms with Gasteiger partial charge in [-0.05, 0) is 12.0 Å². The number of rotatable bonds is 3. The molecule has 0 radical (unpaired) electrons. The van der Waals surface area contributed by atoms with Crippen LogP contribution >= 0.6 is 11.6 Å². The third kappa shape index (κ3) is 3.83. The van der Waals surface area contributed by atoms with Gasteiger partial charge in [-0.3, -0.25) is 0 Å². The number of unbranched alkanes of at least 4 members (excludes halogenated alkanes) is 1. The molecule has 14 heavy (non-hydrogen) atoms. The Kier molecular flexibility index (Phi) is 5.14. The Labute approximate surface area is 89.7 Å². The van der Waals surface area contributed by atoms with E-state index >= 15 is 0 Å². The van der Waals surface area contributed by atoms with Gasteiger partial charge in [0.1, 0.15) is 6.10 Å². The Morgan fingerprint density at radius 3 is 2.64 bits per heavy atom. The molecule has 1 atom stereocenters. The molecule has 0 amide bonds. The van der Waals surface area contributed by atoms with Gasteiger partial charge in [0, 0.05) is 12.3 Å². The second-order valence-electron chi connectivity index (χ2n) is 2.93. The zero-order chi connectivity index (χ0) is 10.2. The van der Waals surface area contributed by atoms with Gasteiger partial charge in [-0.25, -0.2) is 0 Å². The third-order valence-electron chi connectivity index (χ3n) is 1.79. The second-order valence-corrected chi connectivity index (χ2v) is 3.30. The standard InChI is InChI=1S/C12H13ClO/c13-10-6-2-5-9-12(14)11-7-3-1-4-8-11/h1,3-4,7-8,12,14H,2,6,10H2/t12-/m0/s1. The van der Waals surface area contributed by atoms with E-state index in [9.17, 15) is 5.11 Å². The van der Waals surface area contributed by atoms with Crippen LogP contribution in [0.1, 0.15) is 24.5 Å². The first kappa shape index (κ1) is 11.1. The van der Waals surface area contributed by atoms with Crippen molar-refractivity contribution in [3.63, 3.8) is 0 Å². The smallest absolute Gasteiger partial charge is 0.140 e. The van der Waals surface area contributed by atoms with Crippen LogP contribution in [0, 0.1) is 11.8 Å². The van der Waals surface area contributed by atoms with Gasteiger partial charge >= 0.3 is 0 Å². The highest BCUT2D eigenvalue weighted by molar-refractivity contribution is 6.17. The summed E-state index contributed by atoms with van der Waals surface area (Å²) in [6.45, 7) is 0. The van der Waals surface area contributed by atoms with Crippen LogP contribution in [0.15, 0.2) is 30.3 Å². The van der Waals surface area contributed by atoms with Gasteiger partial charge in [0.2, 0.25) is 0 Å². The zero-order valence-corrected chi connectivity index (χ0v) is 8.67. The van der Waals surface area contributed by atoms with Gasteiger partial charge < -0.3 is 5.11 Å². The molecule has 1 aromatic rings. The van der Waals surface area contributed by atoms with Crippen LogP contribution in [0.5, 0.6) is 0 Å². The van der Waals surface area contributed by atoms with E-state index in [2.05, 4.69) is 11.8 Å². The van der Waals surface area contributed by atoms with Crippen molar-refractivity contribution < 1.29 is 5.11 Å². The van der Waals surface area contributed by atoms with Crippen molar-refractivity contribution in [1.29, 1.82) is 0 Å². The monoisotopic (exact) mass is 208 g/mol. The summed E-state index contributed by atoms with van der Waals surface area (Å²) >= 11 is 5.50. The maximum atomic E-state index is 9.61. The van der Waals surface area contributed by atoms with E-state index in [4.69, 9.17) is 11.6 Å². The third-order valence-corrected chi connectivity index (χ3v) is 2.06. The molecule has 0 heterocycles. The molecule has 1 nitrogen and oxygen atoms in total. The van der Waals surface area contributed by atoms with E-state index in [0.717, 1.165) is 18.4 Å². The lowest BCUT2D eigenvalue weighted by molar-refractivity contribution is 0.238. The second kappa shape index (κ2) is 6.48. The van der Waals surface area contributed by atoms with Gasteiger partial charge in [0.05, 0.1) is 0 Å². The molecule has 0 spiro atoms. The highest BCUT2D eigenvalue weighted by Crippen LogP contribution is 2.10. The summed E-state index contributed by atoms with van der Waals surface area (Å²) in [7, 11) is 0. The molecule has 0 aliphatic carbocycles. The normalized spacial score (nSPS) is 11.6. The molecule has 74 valence electrons. The summed E-state index contributed by atoms with van der Waals surface area (Å²) in [5.74, 6) is 6.30. The van der Waals surface area contributed by atoms with Crippen LogP contribution in [0.3, 0.4) is 0 Å². The lowest BCUT2D eigenvalue weighted by Gasteiger charge is -2.01. The Hall–Kier alpha value is -0.970. The molecule has 0 aliphatic rings. The largest absolute Gasteiger partial charge is 0.376 e. The summed E-state index contributed by atoms with van der Waals surface area (Å²) in [6, 6.07) is 9.41. The topological polar surface area (TPSA) is 20.2 Å². The number of hydrogen-bond acceptors (Lipinski definition) is 1. The fourth-order valence-electron chi connectivity index (χ4n) is 1.04. The van der Waals surface area contributed by atoms with E-state index in [-0.39, 0.29) is 0 Å². The molecule has 0 aromatic heterocycles. The lowest BCUT2D eigenvalue weighted by atomic mass is 10.1. The minimum Gasteiger partial charge on any atom is -0.376 e. The molecule has 0 saturated carbocycles. The van der Waals surface area contributed by atoms with Gasteiger partial charge in [-0.15, -0.1) is 17.5 Å². The fourth-order valence-corrected chi connectivity index (χ4v) is 1.18. The molecule has 1 rings (SSSR count). The predicted molar refractivity (Wildman–Crippen MR) is 59.1 cm³/mol. The molecular weight excluding hydrogens is 196 g/mol. The molecule has 0 aliphatic heterocycles. The van der Waals surface area contributed by atoms with E-state index in [0.29, 0.717) is 5.88 Å². The molecule has 1 aromatic carbocycles. The van der Waals surface area contributed by atoms with E-state index in [1.807, 2.05) is 30.3 Å². The maximum absolute atomic E-state index is 9.61. The summed E-state index contributed by atoms with van der Waals surface area (Å²) in [6.07, 6.45) is 0.940. The first-order valence-corrected chi connectivity index (χ1v) is 5.15. The molecule has 0 fully saturated rings. The van der Waals surface area contributed by atoms with Crippen molar-refractivity contribution in [2.24, 2.45) is 0 Å². The van der Waals surface area contributed by atoms with Crippen LogP contribution in [-0.4, -0.2) is 11.0 Å². The van der Waals surface area contributed by atoms with Gasteiger partial charge in [-0.2, -0.15) is 0 Å². The first-order valence-electron chi connectivity index (χ1n) is 4.62. The van der Waals surface area contributed by atoms with Gasteiger partial charge in [-0.1, -0.05) is 36.3 Å². The van der Waals surface area contributed by atoms with E-state index < -0.39 is 6.10 Å². The van der Waals surface area contributed by atoms with Crippen molar-refractivity contribution in [2.45, 2.75) is 18.9 Å². The average molecular weight is 209 g/mol. The number of halogens is 1.